The summed E-state index contributed by atoms with van der Waals surface area (Å²) in [4.78, 5) is 15.4. The third kappa shape index (κ3) is 1.92. The highest BCUT2D eigenvalue weighted by Gasteiger charge is 2.30. The van der Waals surface area contributed by atoms with Crippen molar-refractivity contribution in [2.45, 2.75) is 6.10 Å². The van der Waals surface area contributed by atoms with E-state index in [-0.39, 0.29) is 11.8 Å². The van der Waals surface area contributed by atoms with Crippen molar-refractivity contribution in [1.82, 2.24) is 4.98 Å². The fraction of sp³-hybridized carbons (Fsp3) is 0.400. The molecule has 80 valence electrons. The molecule has 1 saturated heterocycles. The summed E-state index contributed by atoms with van der Waals surface area (Å²) in [5.41, 5.74) is 0.921. The average Bonchev–Trinajstić information content (AvgIpc) is 3.11. The number of aromatic nitrogens is 1. The van der Waals surface area contributed by atoms with Gasteiger partial charge >= 0.3 is 5.97 Å². The van der Waals surface area contributed by atoms with E-state index in [0.29, 0.717) is 18.1 Å². The lowest BCUT2D eigenvalue weighted by Gasteiger charge is -2.06. The third-order valence-corrected chi connectivity index (χ3v) is 2.14. The van der Waals surface area contributed by atoms with Crippen LogP contribution >= 0.6 is 0 Å². The van der Waals surface area contributed by atoms with Gasteiger partial charge in [-0.2, -0.15) is 0 Å². The van der Waals surface area contributed by atoms with Crippen LogP contribution in [0.25, 0.3) is 0 Å². The van der Waals surface area contributed by atoms with Gasteiger partial charge in [0.05, 0.1) is 20.8 Å². The number of pyridine rings is 1. The van der Waals surface area contributed by atoms with Crippen LogP contribution in [-0.2, 0) is 9.47 Å². The van der Waals surface area contributed by atoms with Gasteiger partial charge in [0, 0.05) is 0 Å². The smallest absolute Gasteiger partial charge is 0.356 e. The molecule has 5 nitrogen and oxygen atoms in total. The molecule has 1 aromatic heterocycles. The summed E-state index contributed by atoms with van der Waals surface area (Å²) in [6.45, 7) is 0.619. The van der Waals surface area contributed by atoms with Crippen LogP contribution in [0, 0.1) is 0 Å². The molecule has 2 heterocycles. The van der Waals surface area contributed by atoms with Gasteiger partial charge in [-0.05, 0) is 12.1 Å². The molecule has 1 aliphatic rings. The minimum atomic E-state index is -0.459. The zero-order chi connectivity index (χ0) is 10.8. The van der Waals surface area contributed by atoms with Crippen molar-refractivity contribution in [1.29, 1.82) is 0 Å². The summed E-state index contributed by atoms with van der Waals surface area (Å²) in [5.74, 6) is 0.171. The van der Waals surface area contributed by atoms with Crippen molar-refractivity contribution in [2.24, 2.45) is 0 Å². The van der Waals surface area contributed by atoms with E-state index in [1.54, 1.807) is 19.2 Å². The second-order valence-electron chi connectivity index (χ2n) is 3.10. The molecule has 1 aliphatic heterocycles. The number of carbonyl (C=O) groups is 1. The first kappa shape index (κ1) is 9.92. The molecule has 5 heteroatoms. The normalized spacial score (nSPS) is 18.4. The highest BCUT2D eigenvalue weighted by molar-refractivity contribution is 5.87. The van der Waals surface area contributed by atoms with Gasteiger partial charge in [-0.25, -0.2) is 9.78 Å². The predicted molar refractivity (Wildman–Crippen MR) is 50.8 cm³/mol. The number of esters is 1. The fourth-order valence-corrected chi connectivity index (χ4v) is 1.29. The van der Waals surface area contributed by atoms with Crippen molar-refractivity contribution < 1.29 is 19.0 Å². The number of ether oxygens (including phenoxy) is 3. The minimum absolute atomic E-state index is 0.0513. The Morgan fingerprint density at radius 3 is 2.80 bits per heavy atom. The van der Waals surface area contributed by atoms with Crippen molar-refractivity contribution in [3.8, 4) is 5.75 Å². The zero-order valence-electron chi connectivity index (χ0n) is 8.52. The molecule has 0 amide bonds. The number of nitrogens with zero attached hydrogens (tertiary/aromatic N) is 1. The molecule has 1 aromatic rings. The van der Waals surface area contributed by atoms with Gasteiger partial charge in [0.25, 0.3) is 0 Å². The van der Waals surface area contributed by atoms with Gasteiger partial charge in [0.15, 0.2) is 0 Å². The van der Waals surface area contributed by atoms with Crippen LogP contribution in [0.1, 0.15) is 22.3 Å². The lowest BCUT2D eigenvalue weighted by atomic mass is 10.2. The van der Waals surface area contributed by atoms with Gasteiger partial charge in [-0.1, -0.05) is 0 Å². The van der Waals surface area contributed by atoms with Crippen LogP contribution in [0.3, 0.4) is 0 Å². The maximum absolute atomic E-state index is 11.2. The van der Waals surface area contributed by atoms with Crippen molar-refractivity contribution in [3.05, 3.63) is 23.5 Å². The van der Waals surface area contributed by atoms with E-state index in [1.807, 2.05) is 0 Å². The Morgan fingerprint density at radius 2 is 2.27 bits per heavy atom. The lowest BCUT2D eigenvalue weighted by molar-refractivity contribution is 0.0593. The first-order valence-corrected chi connectivity index (χ1v) is 4.51. The molecule has 0 spiro atoms. The van der Waals surface area contributed by atoms with E-state index >= 15 is 0 Å². The molecule has 1 fully saturated rings. The highest BCUT2D eigenvalue weighted by Crippen LogP contribution is 2.34. The maximum atomic E-state index is 11.2. The first-order valence-electron chi connectivity index (χ1n) is 4.51. The third-order valence-electron chi connectivity index (χ3n) is 2.14. The molecule has 0 radical (unpaired) electrons. The zero-order valence-corrected chi connectivity index (χ0v) is 8.52. The molecule has 0 N–H and O–H groups in total. The van der Waals surface area contributed by atoms with Gasteiger partial charge in [0.1, 0.15) is 23.2 Å². The molecule has 1 unspecified atom stereocenters. The topological polar surface area (TPSA) is 61.0 Å². The molecule has 15 heavy (non-hydrogen) atoms. The number of methoxy groups -OCH3 is 2. The van der Waals surface area contributed by atoms with Crippen LogP contribution in [-0.4, -0.2) is 31.8 Å². The lowest BCUT2D eigenvalue weighted by Crippen LogP contribution is -2.06. The van der Waals surface area contributed by atoms with E-state index in [4.69, 9.17) is 9.47 Å². The van der Waals surface area contributed by atoms with E-state index < -0.39 is 5.97 Å². The summed E-state index contributed by atoms with van der Waals surface area (Å²) in [5, 5.41) is 0. The standard InChI is InChI=1S/C10H11NO4/c1-13-7-4-3-6(10(12)14-2)11-9(7)8-5-15-8/h3-4,8H,5H2,1-2H3. The van der Waals surface area contributed by atoms with Crippen LogP contribution in [0.15, 0.2) is 12.1 Å². The number of rotatable bonds is 3. The van der Waals surface area contributed by atoms with Crippen molar-refractivity contribution in [3.63, 3.8) is 0 Å². The van der Waals surface area contributed by atoms with Gasteiger partial charge in [-0.15, -0.1) is 0 Å². The summed E-state index contributed by atoms with van der Waals surface area (Å²) < 4.78 is 14.8. The van der Waals surface area contributed by atoms with Crippen LogP contribution in [0.2, 0.25) is 0 Å². The molecule has 0 aliphatic carbocycles. The van der Waals surface area contributed by atoms with E-state index in [2.05, 4.69) is 9.72 Å². The van der Waals surface area contributed by atoms with Crippen LogP contribution < -0.4 is 4.74 Å². The molecule has 0 bridgehead atoms. The van der Waals surface area contributed by atoms with Crippen LogP contribution in [0.5, 0.6) is 5.75 Å². The van der Waals surface area contributed by atoms with Gasteiger partial charge in [-0.3, -0.25) is 0 Å². The molecule has 0 saturated carbocycles. The van der Waals surface area contributed by atoms with E-state index in [0.717, 1.165) is 0 Å². The quantitative estimate of drug-likeness (QED) is 0.547. The first-order chi connectivity index (χ1) is 7.26. The van der Waals surface area contributed by atoms with Crippen molar-refractivity contribution in [2.75, 3.05) is 20.8 Å². The van der Waals surface area contributed by atoms with Crippen molar-refractivity contribution >= 4 is 5.97 Å². The molecule has 1 atom stereocenters. The monoisotopic (exact) mass is 209 g/mol. The largest absolute Gasteiger partial charge is 0.495 e. The Labute approximate surface area is 87.0 Å². The predicted octanol–water partition coefficient (Wildman–Crippen LogP) is 0.948. The summed E-state index contributed by atoms with van der Waals surface area (Å²) >= 11 is 0. The molecular weight excluding hydrogens is 198 g/mol. The minimum Gasteiger partial charge on any atom is -0.495 e. The Bertz CT molecular complexity index is 387. The SMILES string of the molecule is COC(=O)c1ccc(OC)c(C2CO2)n1. The average molecular weight is 209 g/mol. The van der Waals surface area contributed by atoms with Crippen LogP contribution in [0.4, 0.5) is 0 Å². The number of hydrogen-bond acceptors (Lipinski definition) is 5. The molecule has 0 aromatic carbocycles. The number of epoxide rings is 1. The Morgan fingerprint density at radius 1 is 1.53 bits per heavy atom. The second-order valence-corrected chi connectivity index (χ2v) is 3.10. The summed E-state index contributed by atoms with van der Waals surface area (Å²) in [6.07, 6.45) is -0.0513. The highest BCUT2D eigenvalue weighted by atomic mass is 16.6. The fourth-order valence-electron chi connectivity index (χ4n) is 1.29. The van der Waals surface area contributed by atoms with E-state index in [1.165, 1.54) is 7.11 Å². The Balaban J connectivity index is 2.36. The van der Waals surface area contributed by atoms with E-state index in [9.17, 15) is 4.79 Å². The maximum Gasteiger partial charge on any atom is 0.356 e. The second kappa shape index (κ2) is 3.86. The number of hydrogen-bond donors (Lipinski definition) is 0. The molecule has 2 rings (SSSR count). The molecular formula is C10H11NO4. The van der Waals surface area contributed by atoms with Gasteiger partial charge in [0.2, 0.25) is 0 Å². The Kier molecular flexibility index (Phi) is 2.55. The summed E-state index contributed by atoms with van der Waals surface area (Å²) in [7, 11) is 2.88. The summed E-state index contributed by atoms with van der Waals surface area (Å²) in [6, 6.07) is 3.26. The Hall–Kier alpha value is -1.62. The van der Waals surface area contributed by atoms with Gasteiger partial charge < -0.3 is 14.2 Å². The number of carbonyl (C=O) groups excluding carboxylic acids is 1.